The van der Waals surface area contributed by atoms with Gasteiger partial charge in [0.1, 0.15) is 0 Å². The largest absolute Gasteiger partial charge is 0.450 e. The first-order valence-corrected chi connectivity index (χ1v) is 9.89. The minimum absolute atomic E-state index is 0.0812. The number of piperidine rings is 1. The summed E-state index contributed by atoms with van der Waals surface area (Å²) in [6.07, 6.45) is 1.32. The molecule has 0 radical (unpaired) electrons. The smallest absolute Gasteiger partial charge is 0.409 e. The van der Waals surface area contributed by atoms with E-state index in [1.165, 1.54) is 5.69 Å². The maximum atomic E-state index is 12.4. The van der Waals surface area contributed by atoms with Crippen LogP contribution in [0.15, 0.2) is 30.3 Å². The van der Waals surface area contributed by atoms with Gasteiger partial charge in [0, 0.05) is 51.0 Å². The molecule has 0 atom stereocenters. The number of benzene rings is 1. The van der Waals surface area contributed by atoms with E-state index in [-0.39, 0.29) is 18.0 Å². The van der Waals surface area contributed by atoms with Gasteiger partial charge >= 0.3 is 6.09 Å². The molecule has 1 aromatic carbocycles. The van der Waals surface area contributed by atoms with Gasteiger partial charge in [-0.3, -0.25) is 9.69 Å². The number of amides is 2. The Balaban J connectivity index is 1.35. The van der Waals surface area contributed by atoms with Crippen LogP contribution in [0.5, 0.6) is 0 Å². The van der Waals surface area contributed by atoms with Crippen molar-refractivity contribution >= 4 is 17.7 Å². The van der Waals surface area contributed by atoms with Crippen LogP contribution < -0.4 is 10.2 Å². The summed E-state index contributed by atoms with van der Waals surface area (Å²) in [5, 5.41) is 3.13. The number of nitrogens with zero attached hydrogens (tertiary/aromatic N) is 3. The first kappa shape index (κ1) is 19.5. The molecule has 3 rings (SSSR count). The molecule has 2 saturated heterocycles. The molecule has 2 aliphatic heterocycles. The zero-order valence-corrected chi connectivity index (χ0v) is 16.1. The molecule has 7 nitrogen and oxygen atoms in total. The van der Waals surface area contributed by atoms with Gasteiger partial charge in [-0.15, -0.1) is 0 Å². The van der Waals surface area contributed by atoms with Crippen LogP contribution in [0.3, 0.4) is 0 Å². The lowest BCUT2D eigenvalue weighted by Gasteiger charge is -2.36. The number of hydrogen-bond donors (Lipinski definition) is 1. The zero-order chi connectivity index (χ0) is 19.1. The lowest BCUT2D eigenvalue weighted by Crippen LogP contribution is -2.52. The highest BCUT2D eigenvalue weighted by atomic mass is 16.6. The van der Waals surface area contributed by atoms with Crippen LogP contribution in [-0.4, -0.2) is 80.3 Å². The monoisotopic (exact) mass is 374 g/mol. The number of piperazine rings is 1. The van der Waals surface area contributed by atoms with E-state index in [0.29, 0.717) is 26.2 Å². The average Bonchev–Trinajstić information content (AvgIpc) is 2.70. The maximum Gasteiger partial charge on any atom is 0.409 e. The number of carbonyl (C=O) groups is 2. The highest BCUT2D eigenvalue weighted by molar-refractivity contribution is 5.78. The van der Waals surface area contributed by atoms with Crippen molar-refractivity contribution in [2.24, 2.45) is 0 Å². The lowest BCUT2D eigenvalue weighted by molar-refractivity contribution is -0.123. The fourth-order valence-corrected chi connectivity index (χ4v) is 3.70. The molecule has 2 amide bonds. The van der Waals surface area contributed by atoms with Gasteiger partial charge in [0.15, 0.2) is 0 Å². The zero-order valence-electron chi connectivity index (χ0n) is 16.1. The summed E-state index contributed by atoms with van der Waals surface area (Å²) in [5.74, 6) is 0.0812. The van der Waals surface area contributed by atoms with Crippen LogP contribution in [0.1, 0.15) is 19.8 Å². The van der Waals surface area contributed by atoms with Crippen LogP contribution in [0.25, 0.3) is 0 Å². The van der Waals surface area contributed by atoms with E-state index in [1.54, 1.807) is 4.90 Å². The highest BCUT2D eigenvalue weighted by Gasteiger charge is 2.25. The van der Waals surface area contributed by atoms with Crippen molar-refractivity contribution in [3.05, 3.63) is 30.3 Å². The molecule has 148 valence electrons. The number of anilines is 1. The van der Waals surface area contributed by atoms with E-state index in [2.05, 4.69) is 39.4 Å². The first-order valence-electron chi connectivity index (χ1n) is 9.89. The molecule has 2 fully saturated rings. The van der Waals surface area contributed by atoms with Crippen molar-refractivity contribution < 1.29 is 14.3 Å². The third kappa shape index (κ3) is 5.60. The van der Waals surface area contributed by atoms with E-state index in [1.807, 2.05) is 13.0 Å². The Labute approximate surface area is 161 Å². The average molecular weight is 374 g/mol. The van der Waals surface area contributed by atoms with Crippen molar-refractivity contribution in [3.8, 4) is 0 Å². The van der Waals surface area contributed by atoms with Gasteiger partial charge in [-0.25, -0.2) is 4.79 Å². The summed E-state index contributed by atoms with van der Waals surface area (Å²) < 4.78 is 5.03. The van der Waals surface area contributed by atoms with Crippen molar-refractivity contribution in [2.45, 2.75) is 25.8 Å². The molecular weight excluding hydrogens is 344 g/mol. The second kappa shape index (κ2) is 9.60. The van der Waals surface area contributed by atoms with Gasteiger partial charge in [0.05, 0.1) is 13.2 Å². The molecule has 7 heteroatoms. The predicted molar refractivity (Wildman–Crippen MR) is 105 cm³/mol. The summed E-state index contributed by atoms with van der Waals surface area (Å²) in [7, 11) is 0. The normalized spacial score (nSPS) is 19.0. The van der Waals surface area contributed by atoms with E-state index >= 15 is 0 Å². The molecular formula is C20H30N4O3. The number of hydrogen-bond acceptors (Lipinski definition) is 5. The Hall–Kier alpha value is -2.28. The van der Waals surface area contributed by atoms with E-state index in [4.69, 9.17) is 4.74 Å². The second-order valence-electron chi connectivity index (χ2n) is 7.13. The number of likely N-dealkylation sites (tertiary alicyclic amines) is 1. The molecule has 27 heavy (non-hydrogen) atoms. The van der Waals surface area contributed by atoms with Crippen molar-refractivity contribution in [1.29, 1.82) is 0 Å². The van der Waals surface area contributed by atoms with Crippen molar-refractivity contribution in [1.82, 2.24) is 15.1 Å². The molecule has 1 aromatic rings. The first-order chi connectivity index (χ1) is 13.2. The van der Waals surface area contributed by atoms with Crippen LogP contribution in [0.4, 0.5) is 10.5 Å². The fourth-order valence-electron chi connectivity index (χ4n) is 3.70. The minimum atomic E-state index is -0.251. The third-order valence-corrected chi connectivity index (χ3v) is 5.25. The Morgan fingerprint density at radius 1 is 1.04 bits per heavy atom. The standard InChI is InChI=1S/C20H30N4O3/c1-2-27-20(26)24-10-8-17(9-11-24)21-19(25)16-22-12-14-23(15-13-22)18-6-4-3-5-7-18/h3-7,17H,2,8-16H2,1H3,(H,21,25). The number of nitrogens with one attached hydrogen (secondary N) is 1. The number of ether oxygens (including phenoxy) is 1. The fraction of sp³-hybridized carbons (Fsp3) is 0.600. The molecule has 2 aliphatic rings. The van der Waals surface area contributed by atoms with Gasteiger partial charge < -0.3 is 19.9 Å². The molecule has 0 saturated carbocycles. The van der Waals surface area contributed by atoms with Crippen LogP contribution in [0.2, 0.25) is 0 Å². The summed E-state index contributed by atoms with van der Waals surface area (Å²) in [6, 6.07) is 10.6. The molecule has 0 spiro atoms. The number of para-hydroxylation sites is 1. The molecule has 1 N–H and O–H groups in total. The Morgan fingerprint density at radius 2 is 1.70 bits per heavy atom. The van der Waals surface area contributed by atoms with Gasteiger partial charge in [-0.2, -0.15) is 0 Å². The maximum absolute atomic E-state index is 12.4. The number of rotatable bonds is 5. The molecule has 2 heterocycles. The van der Waals surface area contributed by atoms with Gasteiger partial charge in [0.2, 0.25) is 5.91 Å². The molecule has 0 unspecified atom stereocenters. The van der Waals surface area contributed by atoms with Crippen LogP contribution in [-0.2, 0) is 9.53 Å². The summed E-state index contributed by atoms with van der Waals surface area (Å²) in [6.45, 7) is 7.59. The van der Waals surface area contributed by atoms with Crippen molar-refractivity contribution in [3.63, 3.8) is 0 Å². The molecule has 0 bridgehead atoms. The van der Waals surface area contributed by atoms with Gasteiger partial charge in [-0.05, 0) is 31.9 Å². The second-order valence-corrected chi connectivity index (χ2v) is 7.13. The minimum Gasteiger partial charge on any atom is -0.450 e. The van der Waals surface area contributed by atoms with E-state index in [0.717, 1.165) is 39.0 Å². The SMILES string of the molecule is CCOC(=O)N1CCC(NC(=O)CN2CCN(c3ccccc3)CC2)CC1. The van der Waals surface area contributed by atoms with Gasteiger partial charge in [0.25, 0.3) is 0 Å². The lowest BCUT2D eigenvalue weighted by atomic mass is 10.1. The summed E-state index contributed by atoms with van der Waals surface area (Å²) in [5.41, 5.74) is 1.25. The topological polar surface area (TPSA) is 65.1 Å². The third-order valence-electron chi connectivity index (χ3n) is 5.25. The molecule has 0 aliphatic carbocycles. The summed E-state index contributed by atoms with van der Waals surface area (Å²) in [4.78, 5) is 30.4. The molecule has 0 aromatic heterocycles. The van der Waals surface area contributed by atoms with Crippen LogP contribution >= 0.6 is 0 Å². The van der Waals surface area contributed by atoms with Crippen LogP contribution in [0, 0.1) is 0 Å². The quantitative estimate of drug-likeness (QED) is 0.847. The highest BCUT2D eigenvalue weighted by Crippen LogP contribution is 2.15. The van der Waals surface area contributed by atoms with Crippen molar-refractivity contribution in [2.75, 3.05) is 57.3 Å². The Bertz CT molecular complexity index is 609. The van der Waals surface area contributed by atoms with E-state index < -0.39 is 0 Å². The van der Waals surface area contributed by atoms with E-state index in [9.17, 15) is 9.59 Å². The predicted octanol–water partition coefficient (Wildman–Crippen LogP) is 1.55. The number of carbonyl (C=O) groups excluding carboxylic acids is 2. The summed E-state index contributed by atoms with van der Waals surface area (Å²) >= 11 is 0. The Morgan fingerprint density at radius 3 is 2.33 bits per heavy atom. The Kier molecular flexibility index (Phi) is 6.92. The van der Waals surface area contributed by atoms with Gasteiger partial charge in [-0.1, -0.05) is 18.2 Å².